The lowest BCUT2D eigenvalue weighted by Crippen LogP contribution is -2.48. The number of hydrogen-bond donors (Lipinski definition) is 2. The Hall–Kier alpha value is -3.35. The third-order valence-electron chi connectivity index (χ3n) is 7.05. The summed E-state index contributed by atoms with van der Waals surface area (Å²) >= 11 is 0. The van der Waals surface area contributed by atoms with Crippen molar-refractivity contribution in [3.8, 4) is 11.1 Å². The van der Waals surface area contributed by atoms with Gasteiger partial charge in [-0.05, 0) is 41.0 Å². The van der Waals surface area contributed by atoms with Gasteiger partial charge >= 0.3 is 12.1 Å². The number of nitrogens with one attached hydrogen (secondary N) is 1. The largest absolute Gasteiger partial charge is 0.481 e. The van der Waals surface area contributed by atoms with E-state index in [2.05, 4.69) is 17.4 Å². The number of nitrogens with zero attached hydrogens (tertiary/aromatic N) is 1. The van der Waals surface area contributed by atoms with E-state index >= 15 is 0 Å². The third kappa shape index (κ3) is 5.41. The molecule has 1 unspecified atom stereocenters. The molecular formula is C27H32N2O5. The van der Waals surface area contributed by atoms with Crippen LogP contribution in [0.1, 0.15) is 55.6 Å². The molecule has 0 aromatic heterocycles. The molecule has 0 heterocycles. The molecule has 0 radical (unpaired) electrons. The minimum absolute atomic E-state index is 0.0200. The molecular weight excluding hydrogens is 432 g/mol. The Morgan fingerprint density at radius 1 is 1.06 bits per heavy atom. The molecule has 0 saturated heterocycles. The van der Waals surface area contributed by atoms with Crippen LogP contribution >= 0.6 is 0 Å². The highest BCUT2D eigenvalue weighted by Crippen LogP contribution is 2.44. The van der Waals surface area contributed by atoms with Crippen molar-refractivity contribution < 1.29 is 24.2 Å². The molecule has 2 N–H and O–H groups in total. The van der Waals surface area contributed by atoms with Gasteiger partial charge in [0.1, 0.15) is 12.6 Å². The highest BCUT2D eigenvalue weighted by molar-refractivity contribution is 5.86. The summed E-state index contributed by atoms with van der Waals surface area (Å²) in [7, 11) is 1.70. The molecule has 4 rings (SSSR count). The fourth-order valence-corrected chi connectivity index (χ4v) is 4.84. The van der Waals surface area contributed by atoms with Crippen molar-refractivity contribution in [1.82, 2.24) is 10.2 Å². The average molecular weight is 465 g/mol. The fourth-order valence-electron chi connectivity index (χ4n) is 4.84. The Morgan fingerprint density at radius 2 is 1.68 bits per heavy atom. The molecule has 0 bridgehead atoms. The van der Waals surface area contributed by atoms with Gasteiger partial charge in [0.05, 0.1) is 0 Å². The Kier molecular flexibility index (Phi) is 7.50. The maximum absolute atomic E-state index is 13.0. The third-order valence-corrected chi connectivity index (χ3v) is 7.05. The van der Waals surface area contributed by atoms with Crippen molar-refractivity contribution in [3.63, 3.8) is 0 Å². The van der Waals surface area contributed by atoms with Crippen LogP contribution in [0.3, 0.4) is 0 Å². The molecule has 34 heavy (non-hydrogen) atoms. The van der Waals surface area contributed by atoms with Gasteiger partial charge in [0.25, 0.3) is 0 Å². The van der Waals surface area contributed by atoms with Crippen molar-refractivity contribution in [2.45, 2.75) is 50.5 Å². The summed E-state index contributed by atoms with van der Waals surface area (Å²) in [5, 5.41) is 11.7. The summed E-state index contributed by atoms with van der Waals surface area (Å²) in [5.74, 6) is -0.724. The molecule has 2 aliphatic carbocycles. The van der Waals surface area contributed by atoms with E-state index in [9.17, 15) is 14.4 Å². The molecule has 2 amide bonds. The van der Waals surface area contributed by atoms with Crippen molar-refractivity contribution in [2.75, 3.05) is 20.2 Å². The normalized spacial score (nSPS) is 15.6. The quantitative estimate of drug-likeness (QED) is 0.543. The number of hydrogen-bond acceptors (Lipinski definition) is 4. The van der Waals surface area contributed by atoms with Crippen LogP contribution in [0.5, 0.6) is 0 Å². The van der Waals surface area contributed by atoms with Crippen LogP contribution in [0.4, 0.5) is 4.79 Å². The zero-order valence-corrected chi connectivity index (χ0v) is 19.5. The summed E-state index contributed by atoms with van der Waals surface area (Å²) < 4.78 is 5.56. The topological polar surface area (TPSA) is 95.9 Å². The van der Waals surface area contributed by atoms with Crippen molar-refractivity contribution >= 4 is 18.0 Å². The number of carbonyl (C=O) groups excluding carboxylic acids is 2. The van der Waals surface area contributed by atoms with Crippen LogP contribution in [0.2, 0.25) is 0 Å². The zero-order chi connectivity index (χ0) is 24.1. The van der Waals surface area contributed by atoms with E-state index < -0.39 is 18.1 Å². The van der Waals surface area contributed by atoms with Gasteiger partial charge in [-0.1, -0.05) is 67.8 Å². The van der Waals surface area contributed by atoms with E-state index in [4.69, 9.17) is 9.84 Å². The molecule has 1 atom stereocenters. The molecule has 1 fully saturated rings. The van der Waals surface area contributed by atoms with Crippen LogP contribution in [-0.4, -0.2) is 54.2 Å². The van der Waals surface area contributed by atoms with Crippen LogP contribution < -0.4 is 5.32 Å². The standard InChI is InChI=1S/C27H32N2O5/c1-29(16-15-18-7-6-8-18)26(32)24(13-14-25(30)31)28-27(33)34-17-23-21-11-4-2-9-19(21)20-10-3-5-12-22(20)23/h2-5,9-12,18,23-24H,6-8,13-17H2,1H3,(H,28,33)(H,30,31). The van der Waals surface area contributed by atoms with Gasteiger partial charge < -0.3 is 20.1 Å². The van der Waals surface area contributed by atoms with Gasteiger partial charge in [0, 0.05) is 25.9 Å². The zero-order valence-electron chi connectivity index (χ0n) is 19.5. The van der Waals surface area contributed by atoms with Gasteiger partial charge in [0.15, 0.2) is 0 Å². The molecule has 2 aromatic rings. The Labute approximate surface area is 200 Å². The fraction of sp³-hybridized carbons (Fsp3) is 0.444. The second-order valence-electron chi connectivity index (χ2n) is 9.30. The number of carboxylic acid groups (broad SMARTS) is 1. The maximum atomic E-state index is 13.0. The van der Waals surface area contributed by atoms with Crippen molar-refractivity contribution in [3.05, 3.63) is 59.7 Å². The molecule has 0 aliphatic heterocycles. The molecule has 0 spiro atoms. The Morgan fingerprint density at radius 3 is 2.24 bits per heavy atom. The highest BCUT2D eigenvalue weighted by atomic mass is 16.5. The number of alkyl carbamates (subject to hydrolysis) is 1. The van der Waals surface area contributed by atoms with Gasteiger partial charge in [0.2, 0.25) is 5.91 Å². The van der Waals surface area contributed by atoms with Crippen LogP contribution in [0.15, 0.2) is 48.5 Å². The maximum Gasteiger partial charge on any atom is 0.407 e. The SMILES string of the molecule is CN(CCC1CCC1)C(=O)C(CCC(=O)O)NC(=O)OCC1c2ccccc2-c2ccccc21. The Bertz CT molecular complexity index is 1000. The van der Waals surface area contributed by atoms with E-state index in [1.165, 1.54) is 19.3 Å². The number of likely N-dealkylation sites (N-methyl/N-ethyl adjacent to an activating group) is 1. The number of aliphatic carboxylic acids is 1. The monoisotopic (exact) mass is 464 g/mol. The Balaban J connectivity index is 1.37. The van der Waals surface area contributed by atoms with E-state index in [0.29, 0.717) is 12.5 Å². The van der Waals surface area contributed by atoms with Crippen LogP contribution in [0.25, 0.3) is 11.1 Å². The van der Waals surface area contributed by atoms with E-state index in [1.807, 2.05) is 36.4 Å². The summed E-state index contributed by atoms with van der Waals surface area (Å²) in [6.07, 6.45) is 3.66. The predicted molar refractivity (Wildman–Crippen MR) is 128 cm³/mol. The average Bonchev–Trinajstić information content (AvgIpc) is 3.12. The second-order valence-corrected chi connectivity index (χ2v) is 9.30. The minimum atomic E-state index is -1.01. The van der Waals surface area contributed by atoms with Crippen LogP contribution in [0, 0.1) is 5.92 Å². The number of fused-ring (bicyclic) bond motifs is 3. The van der Waals surface area contributed by atoms with Gasteiger partial charge in [-0.15, -0.1) is 0 Å². The van der Waals surface area contributed by atoms with E-state index in [1.54, 1.807) is 11.9 Å². The summed E-state index contributed by atoms with van der Waals surface area (Å²) in [6.45, 7) is 0.733. The first-order valence-electron chi connectivity index (χ1n) is 12.0. The van der Waals surface area contributed by atoms with Gasteiger partial charge in [-0.3, -0.25) is 9.59 Å². The number of ether oxygens (including phenoxy) is 1. The lowest BCUT2D eigenvalue weighted by atomic mass is 9.83. The van der Waals surface area contributed by atoms with Crippen molar-refractivity contribution in [2.24, 2.45) is 5.92 Å². The molecule has 7 heteroatoms. The lowest BCUT2D eigenvalue weighted by molar-refractivity contribution is -0.137. The van der Waals surface area contributed by atoms with Gasteiger partial charge in [-0.2, -0.15) is 0 Å². The van der Waals surface area contributed by atoms with E-state index in [0.717, 1.165) is 28.7 Å². The lowest BCUT2D eigenvalue weighted by Gasteiger charge is -2.29. The molecule has 180 valence electrons. The molecule has 7 nitrogen and oxygen atoms in total. The highest BCUT2D eigenvalue weighted by Gasteiger charge is 2.30. The summed E-state index contributed by atoms with van der Waals surface area (Å²) in [4.78, 5) is 38.3. The second kappa shape index (κ2) is 10.7. The predicted octanol–water partition coefficient (Wildman–Crippen LogP) is 4.41. The van der Waals surface area contributed by atoms with Crippen LogP contribution in [-0.2, 0) is 14.3 Å². The molecule has 1 saturated carbocycles. The number of benzene rings is 2. The van der Waals surface area contributed by atoms with Gasteiger partial charge in [-0.25, -0.2) is 4.79 Å². The summed E-state index contributed by atoms with van der Waals surface area (Å²) in [6, 6.07) is 15.2. The van der Waals surface area contributed by atoms with E-state index in [-0.39, 0.29) is 31.3 Å². The number of rotatable bonds is 10. The first kappa shape index (κ1) is 23.8. The number of amides is 2. The molecule has 2 aromatic carbocycles. The number of carboxylic acids is 1. The van der Waals surface area contributed by atoms with Crippen molar-refractivity contribution in [1.29, 1.82) is 0 Å². The summed E-state index contributed by atoms with van der Waals surface area (Å²) in [5.41, 5.74) is 4.47. The first-order chi connectivity index (χ1) is 16.4. The molecule has 2 aliphatic rings. The smallest absolute Gasteiger partial charge is 0.407 e. The minimum Gasteiger partial charge on any atom is -0.481 e. The number of carbonyl (C=O) groups is 3. The first-order valence-corrected chi connectivity index (χ1v) is 12.0.